The highest BCUT2D eigenvalue weighted by atomic mass is 16.5. The van der Waals surface area contributed by atoms with Crippen LogP contribution >= 0.6 is 0 Å². The molecule has 3 rings (SSSR count). The average molecular weight is 244 g/mol. The largest absolute Gasteiger partial charge is 0.375 e. The zero-order valence-corrected chi connectivity index (χ0v) is 9.68. The number of hydrogen-bond donors (Lipinski definition) is 1. The Morgan fingerprint density at radius 2 is 2.11 bits per heavy atom. The summed E-state index contributed by atoms with van der Waals surface area (Å²) in [5.74, 6) is -0.243. The number of nitrogens with zero attached hydrogens (tertiary/aromatic N) is 1. The fourth-order valence-corrected chi connectivity index (χ4v) is 2.18. The molecule has 1 aromatic heterocycles. The number of fused-ring (bicyclic) bond motifs is 1. The third-order valence-corrected chi connectivity index (χ3v) is 3.12. The van der Waals surface area contributed by atoms with Crippen molar-refractivity contribution in [2.75, 3.05) is 0 Å². The first-order chi connectivity index (χ1) is 8.66. The lowest BCUT2D eigenvalue weighted by Gasteiger charge is -2.22. The molecular weight excluding hydrogens is 232 g/mol. The number of carbonyl (C=O) groups is 1. The maximum atomic E-state index is 12.1. The summed E-state index contributed by atoms with van der Waals surface area (Å²) in [4.78, 5) is 24.0. The van der Waals surface area contributed by atoms with E-state index in [1.54, 1.807) is 24.3 Å². The first-order valence-corrected chi connectivity index (χ1v) is 5.76. The molecule has 1 unspecified atom stereocenters. The van der Waals surface area contributed by atoms with Gasteiger partial charge in [-0.2, -0.15) is 4.74 Å². The Morgan fingerprint density at radius 3 is 2.83 bits per heavy atom. The fourth-order valence-electron chi connectivity index (χ4n) is 2.18. The minimum absolute atomic E-state index is 0.243. The van der Waals surface area contributed by atoms with Gasteiger partial charge in [-0.3, -0.25) is 9.59 Å². The SMILES string of the molecule is C=C1CCC(n2oc3ccccc3c2=O)C(=O)N1. The van der Waals surface area contributed by atoms with Crippen LogP contribution in [0.5, 0.6) is 0 Å². The fraction of sp³-hybridized carbons (Fsp3) is 0.231. The Labute approximate surface area is 103 Å². The number of amides is 1. The Hall–Kier alpha value is -2.30. The number of carbonyl (C=O) groups excluding carboxylic acids is 1. The third-order valence-electron chi connectivity index (χ3n) is 3.12. The summed E-state index contributed by atoms with van der Waals surface area (Å²) < 4.78 is 6.62. The lowest BCUT2D eigenvalue weighted by Crippen LogP contribution is -2.38. The molecule has 1 N–H and O–H groups in total. The Balaban J connectivity index is 2.09. The van der Waals surface area contributed by atoms with Crippen LogP contribution < -0.4 is 10.9 Å². The van der Waals surface area contributed by atoms with Gasteiger partial charge in [-0.05, 0) is 25.0 Å². The molecule has 1 amide bonds. The highest BCUT2D eigenvalue weighted by Gasteiger charge is 2.29. The highest BCUT2D eigenvalue weighted by molar-refractivity contribution is 5.83. The molecule has 1 saturated heterocycles. The smallest absolute Gasteiger partial charge is 0.291 e. The first-order valence-electron chi connectivity index (χ1n) is 5.76. The second-order valence-corrected chi connectivity index (χ2v) is 4.37. The van der Waals surface area contributed by atoms with E-state index in [0.29, 0.717) is 29.5 Å². The van der Waals surface area contributed by atoms with Crippen LogP contribution in [0.15, 0.2) is 45.9 Å². The number of piperidine rings is 1. The standard InChI is InChI=1S/C13H12N2O3/c1-8-6-7-10(12(16)14-8)15-13(17)9-4-2-3-5-11(9)18-15/h2-5,10H,1,6-7H2,(H,14,16). The minimum Gasteiger partial charge on any atom is -0.375 e. The zero-order valence-electron chi connectivity index (χ0n) is 9.68. The Kier molecular flexibility index (Phi) is 2.33. The van der Waals surface area contributed by atoms with E-state index in [-0.39, 0.29) is 11.5 Å². The lowest BCUT2D eigenvalue weighted by molar-refractivity contribution is -0.126. The van der Waals surface area contributed by atoms with Crippen LogP contribution in [0.3, 0.4) is 0 Å². The van der Waals surface area contributed by atoms with Crippen LogP contribution in [0.25, 0.3) is 11.0 Å². The molecule has 92 valence electrons. The predicted molar refractivity (Wildman–Crippen MR) is 66.0 cm³/mol. The maximum absolute atomic E-state index is 12.1. The van der Waals surface area contributed by atoms with Gasteiger partial charge in [-0.1, -0.05) is 18.7 Å². The van der Waals surface area contributed by atoms with E-state index in [1.165, 1.54) is 0 Å². The molecule has 0 saturated carbocycles. The van der Waals surface area contributed by atoms with Crippen LogP contribution in [-0.4, -0.2) is 10.6 Å². The zero-order chi connectivity index (χ0) is 12.7. The van der Waals surface area contributed by atoms with E-state index in [4.69, 9.17) is 4.52 Å². The molecule has 1 aromatic carbocycles. The summed E-state index contributed by atoms with van der Waals surface area (Å²) >= 11 is 0. The first kappa shape index (κ1) is 10.8. The van der Waals surface area contributed by atoms with Crippen molar-refractivity contribution >= 4 is 16.9 Å². The number of para-hydroxylation sites is 1. The van der Waals surface area contributed by atoms with Crippen molar-refractivity contribution in [3.8, 4) is 0 Å². The van der Waals surface area contributed by atoms with Gasteiger partial charge in [-0.15, -0.1) is 0 Å². The molecule has 2 aromatic rings. The van der Waals surface area contributed by atoms with Crippen molar-refractivity contribution in [3.63, 3.8) is 0 Å². The summed E-state index contributed by atoms with van der Waals surface area (Å²) in [6.45, 7) is 3.71. The van der Waals surface area contributed by atoms with Crippen LogP contribution in [0.2, 0.25) is 0 Å². The summed E-state index contributed by atoms with van der Waals surface area (Å²) in [5, 5.41) is 3.14. The van der Waals surface area contributed by atoms with Gasteiger partial charge < -0.3 is 9.84 Å². The van der Waals surface area contributed by atoms with Crippen LogP contribution in [0, 0.1) is 0 Å². The molecule has 5 heteroatoms. The molecule has 0 spiro atoms. The molecule has 0 bridgehead atoms. The van der Waals surface area contributed by atoms with Gasteiger partial charge in [-0.25, -0.2) is 0 Å². The Morgan fingerprint density at radius 1 is 1.33 bits per heavy atom. The second-order valence-electron chi connectivity index (χ2n) is 4.37. The molecule has 5 nitrogen and oxygen atoms in total. The van der Waals surface area contributed by atoms with Gasteiger partial charge in [0, 0.05) is 5.70 Å². The number of allylic oxidation sites excluding steroid dienone is 1. The summed E-state index contributed by atoms with van der Waals surface area (Å²) in [7, 11) is 0. The van der Waals surface area contributed by atoms with E-state index in [2.05, 4.69) is 11.9 Å². The van der Waals surface area contributed by atoms with Crippen LogP contribution in [-0.2, 0) is 4.79 Å². The van der Waals surface area contributed by atoms with Gasteiger partial charge in [0.25, 0.3) is 11.5 Å². The molecule has 1 fully saturated rings. The highest BCUT2D eigenvalue weighted by Crippen LogP contribution is 2.22. The molecule has 1 aliphatic heterocycles. The molecular formula is C13H12N2O3. The normalized spacial score (nSPS) is 20.1. The molecule has 0 aliphatic carbocycles. The van der Waals surface area contributed by atoms with E-state index in [1.807, 2.05) is 0 Å². The van der Waals surface area contributed by atoms with Crippen molar-refractivity contribution in [1.29, 1.82) is 0 Å². The lowest BCUT2D eigenvalue weighted by atomic mass is 10.1. The number of hydrogen-bond acceptors (Lipinski definition) is 3. The molecule has 1 aliphatic rings. The van der Waals surface area contributed by atoms with Crippen molar-refractivity contribution in [3.05, 3.63) is 46.9 Å². The van der Waals surface area contributed by atoms with E-state index in [0.717, 1.165) is 4.74 Å². The second kappa shape index (κ2) is 3.87. The molecule has 1 atom stereocenters. The topological polar surface area (TPSA) is 64.2 Å². The van der Waals surface area contributed by atoms with Crippen LogP contribution in [0.4, 0.5) is 0 Å². The van der Waals surface area contributed by atoms with E-state index in [9.17, 15) is 9.59 Å². The van der Waals surface area contributed by atoms with Crippen molar-refractivity contribution in [2.24, 2.45) is 0 Å². The summed E-state index contributed by atoms with van der Waals surface area (Å²) in [5.41, 5.74) is 0.915. The van der Waals surface area contributed by atoms with Crippen molar-refractivity contribution in [2.45, 2.75) is 18.9 Å². The number of nitrogens with one attached hydrogen (secondary N) is 1. The molecule has 0 radical (unpaired) electrons. The summed E-state index contributed by atoms with van der Waals surface area (Å²) in [6.07, 6.45) is 1.18. The predicted octanol–water partition coefficient (Wildman–Crippen LogP) is 1.56. The quantitative estimate of drug-likeness (QED) is 0.828. The minimum atomic E-state index is -0.588. The van der Waals surface area contributed by atoms with Gasteiger partial charge >= 0.3 is 0 Å². The van der Waals surface area contributed by atoms with Gasteiger partial charge in [0.1, 0.15) is 6.04 Å². The third kappa shape index (κ3) is 1.55. The monoisotopic (exact) mass is 244 g/mol. The van der Waals surface area contributed by atoms with Crippen LogP contribution in [0.1, 0.15) is 18.9 Å². The van der Waals surface area contributed by atoms with Gasteiger partial charge in [0.15, 0.2) is 5.58 Å². The van der Waals surface area contributed by atoms with E-state index < -0.39 is 6.04 Å². The summed E-state index contributed by atoms with van der Waals surface area (Å²) in [6, 6.07) is 6.38. The molecule has 18 heavy (non-hydrogen) atoms. The Bertz CT molecular complexity index is 696. The van der Waals surface area contributed by atoms with Crippen molar-refractivity contribution in [1.82, 2.24) is 10.1 Å². The number of aromatic nitrogens is 1. The number of rotatable bonds is 1. The molecule has 2 heterocycles. The van der Waals surface area contributed by atoms with Gasteiger partial charge in [0.05, 0.1) is 5.39 Å². The van der Waals surface area contributed by atoms with Gasteiger partial charge in [0.2, 0.25) is 0 Å². The number of benzene rings is 1. The van der Waals surface area contributed by atoms with E-state index >= 15 is 0 Å². The maximum Gasteiger partial charge on any atom is 0.291 e. The average Bonchev–Trinajstić information content (AvgIpc) is 2.68. The van der Waals surface area contributed by atoms with Crippen molar-refractivity contribution < 1.29 is 9.32 Å².